The van der Waals surface area contributed by atoms with Crippen LogP contribution >= 0.6 is 11.6 Å². The molecular formula is C12H13ClO4. The SMILES string of the molecule is CC(=O)C(Cl)c1cccc(CO)c1CC(=O)O. The molecule has 1 atom stereocenters. The van der Waals surface area contributed by atoms with E-state index in [0.29, 0.717) is 16.7 Å². The topological polar surface area (TPSA) is 74.6 Å². The summed E-state index contributed by atoms with van der Waals surface area (Å²) in [6.45, 7) is 1.06. The van der Waals surface area contributed by atoms with Crippen molar-refractivity contribution < 1.29 is 19.8 Å². The number of carbonyl (C=O) groups is 2. The van der Waals surface area contributed by atoms with Gasteiger partial charge in [0.05, 0.1) is 13.0 Å². The van der Waals surface area contributed by atoms with Gasteiger partial charge in [-0.15, -0.1) is 11.6 Å². The molecule has 1 rings (SSSR count). The highest BCUT2D eigenvalue weighted by molar-refractivity contribution is 6.31. The molecule has 0 aromatic heterocycles. The number of aliphatic hydroxyl groups excluding tert-OH is 1. The predicted octanol–water partition coefficient (Wildman–Crippen LogP) is 1.67. The number of ketones is 1. The summed E-state index contributed by atoms with van der Waals surface area (Å²) in [5.74, 6) is -1.28. The molecular weight excluding hydrogens is 244 g/mol. The van der Waals surface area contributed by atoms with Crippen LogP contribution in [0.4, 0.5) is 0 Å². The average Bonchev–Trinajstić information content (AvgIpc) is 2.27. The molecule has 0 saturated carbocycles. The zero-order valence-corrected chi connectivity index (χ0v) is 10.1. The van der Waals surface area contributed by atoms with Crippen molar-refractivity contribution in [2.24, 2.45) is 0 Å². The first-order valence-corrected chi connectivity index (χ1v) is 5.48. The Hall–Kier alpha value is -1.39. The molecule has 0 aliphatic carbocycles. The number of hydrogen-bond donors (Lipinski definition) is 2. The number of halogens is 1. The Labute approximate surface area is 104 Å². The lowest BCUT2D eigenvalue weighted by atomic mass is 9.95. The van der Waals surface area contributed by atoms with E-state index in [4.69, 9.17) is 21.8 Å². The monoisotopic (exact) mass is 256 g/mol. The number of carboxylic acids is 1. The van der Waals surface area contributed by atoms with Gasteiger partial charge in [-0.3, -0.25) is 9.59 Å². The second kappa shape index (κ2) is 5.80. The van der Waals surface area contributed by atoms with Gasteiger partial charge in [0.15, 0.2) is 5.78 Å². The average molecular weight is 257 g/mol. The van der Waals surface area contributed by atoms with Gasteiger partial charge in [-0.05, 0) is 23.6 Å². The van der Waals surface area contributed by atoms with Crippen molar-refractivity contribution in [1.29, 1.82) is 0 Å². The Morgan fingerprint density at radius 3 is 2.53 bits per heavy atom. The van der Waals surface area contributed by atoms with E-state index in [0.717, 1.165) is 0 Å². The third-order valence-corrected chi connectivity index (χ3v) is 2.98. The highest BCUT2D eigenvalue weighted by atomic mass is 35.5. The minimum atomic E-state index is -1.03. The van der Waals surface area contributed by atoms with E-state index < -0.39 is 11.3 Å². The molecule has 1 aromatic carbocycles. The van der Waals surface area contributed by atoms with Gasteiger partial charge >= 0.3 is 5.97 Å². The number of aliphatic hydroxyl groups is 1. The zero-order chi connectivity index (χ0) is 13.0. The number of hydrogen-bond acceptors (Lipinski definition) is 3. The van der Waals surface area contributed by atoms with Crippen molar-refractivity contribution in [3.8, 4) is 0 Å². The second-order valence-electron chi connectivity index (χ2n) is 3.69. The Kier molecular flexibility index (Phi) is 4.66. The summed E-state index contributed by atoms with van der Waals surface area (Å²) in [6.07, 6.45) is -0.261. The summed E-state index contributed by atoms with van der Waals surface area (Å²) in [7, 11) is 0. The minimum absolute atomic E-state index is 0.256. The Morgan fingerprint density at radius 1 is 1.41 bits per heavy atom. The molecule has 0 aliphatic rings. The van der Waals surface area contributed by atoms with Crippen LogP contribution in [0.3, 0.4) is 0 Å². The van der Waals surface area contributed by atoms with Crippen LogP contribution in [0, 0.1) is 0 Å². The van der Waals surface area contributed by atoms with Crippen LogP contribution in [0.15, 0.2) is 18.2 Å². The van der Waals surface area contributed by atoms with Crippen LogP contribution in [-0.4, -0.2) is 22.0 Å². The maximum absolute atomic E-state index is 11.2. The van der Waals surface area contributed by atoms with Gasteiger partial charge in [-0.2, -0.15) is 0 Å². The molecule has 0 heterocycles. The second-order valence-corrected chi connectivity index (χ2v) is 4.12. The molecule has 4 nitrogen and oxygen atoms in total. The molecule has 0 radical (unpaired) electrons. The molecule has 0 fully saturated rings. The molecule has 5 heteroatoms. The van der Waals surface area contributed by atoms with Gasteiger partial charge in [0, 0.05) is 0 Å². The highest BCUT2D eigenvalue weighted by Crippen LogP contribution is 2.27. The van der Waals surface area contributed by atoms with Gasteiger partial charge in [0.25, 0.3) is 0 Å². The van der Waals surface area contributed by atoms with E-state index in [1.165, 1.54) is 6.92 Å². The highest BCUT2D eigenvalue weighted by Gasteiger charge is 2.20. The van der Waals surface area contributed by atoms with Crippen LogP contribution in [0.25, 0.3) is 0 Å². The van der Waals surface area contributed by atoms with Gasteiger partial charge in [0.2, 0.25) is 0 Å². The summed E-state index contributed by atoms with van der Waals surface area (Å²) in [6, 6.07) is 4.87. The quantitative estimate of drug-likeness (QED) is 0.786. The van der Waals surface area contributed by atoms with Crippen molar-refractivity contribution in [3.63, 3.8) is 0 Å². The lowest BCUT2D eigenvalue weighted by molar-refractivity contribution is -0.136. The van der Waals surface area contributed by atoms with Gasteiger partial charge in [-0.1, -0.05) is 18.2 Å². The summed E-state index contributed by atoms with van der Waals surface area (Å²) >= 11 is 5.93. The van der Waals surface area contributed by atoms with Gasteiger partial charge < -0.3 is 10.2 Å². The molecule has 1 aromatic rings. The van der Waals surface area contributed by atoms with E-state index in [-0.39, 0.29) is 18.8 Å². The molecule has 0 spiro atoms. The first-order chi connectivity index (χ1) is 7.97. The summed E-state index contributed by atoms with van der Waals surface area (Å²) in [5.41, 5.74) is 1.35. The van der Waals surface area contributed by atoms with E-state index in [1.807, 2.05) is 0 Å². The van der Waals surface area contributed by atoms with Gasteiger partial charge in [-0.25, -0.2) is 0 Å². The zero-order valence-electron chi connectivity index (χ0n) is 9.31. The van der Waals surface area contributed by atoms with Crippen LogP contribution < -0.4 is 0 Å². The van der Waals surface area contributed by atoms with Crippen molar-refractivity contribution in [2.45, 2.75) is 25.3 Å². The molecule has 92 valence electrons. The molecule has 0 bridgehead atoms. The fourth-order valence-electron chi connectivity index (χ4n) is 1.63. The Balaban J connectivity index is 3.28. The summed E-state index contributed by atoms with van der Waals surface area (Å²) < 4.78 is 0. The fourth-order valence-corrected chi connectivity index (χ4v) is 1.83. The number of rotatable bonds is 5. The maximum atomic E-state index is 11.2. The predicted molar refractivity (Wildman–Crippen MR) is 63.0 cm³/mol. The van der Waals surface area contributed by atoms with Gasteiger partial charge in [0.1, 0.15) is 5.38 Å². The fraction of sp³-hybridized carbons (Fsp3) is 0.333. The smallest absolute Gasteiger partial charge is 0.307 e. The minimum Gasteiger partial charge on any atom is -0.481 e. The van der Waals surface area contributed by atoms with Crippen LogP contribution in [0.1, 0.15) is 29.0 Å². The third-order valence-electron chi connectivity index (χ3n) is 2.44. The summed E-state index contributed by atoms with van der Waals surface area (Å²) in [4.78, 5) is 22.0. The summed E-state index contributed by atoms with van der Waals surface area (Å²) in [5, 5.41) is 17.1. The number of carboxylic acid groups (broad SMARTS) is 1. The Bertz CT molecular complexity index is 442. The lowest BCUT2D eigenvalue weighted by Gasteiger charge is -2.14. The number of benzene rings is 1. The van der Waals surface area contributed by atoms with Crippen molar-refractivity contribution in [1.82, 2.24) is 0 Å². The first-order valence-electron chi connectivity index (χ1n) is 5.05. The van der Waals surface area contributed by atoms with Crippen LogP contribution in [-0.2, 0) is 22.6 Å². The van der Waals surface area contributed by atoms with E-state index >= 15 is 0 Å². The first kappa shape index (κ1) is 13.7. The van der Waals surface area contributed by atoms with E-state index in [9.17, 15) is 9.59 Å². The molecule has 1 unspecified atom stereocenters. The van der Waals surface area contributed by atoms with Crippen LogP contribution in [0.2, 0.25) is 0 Å². The molecule has 0 amide bonds. The number of carbonyl (C=O) groups excluding carboxylic acids is 1. The van der Waals surface area contributed by atoms with Crippen molar-refractivity contribution >= 4 is 23.4 Å². The standard InChI is InChI=1S/C12H13ClO4/c1-7(15)12(13)9-4-2-3-8(6-14)10(9)5-11(16)17/h2-4,12,14H,5-6H2,1H3,(H,16,17). The lowest BCUT2D eigenvalue weighted by Crippen LogP contribution is -2.11. The molecule has 2 N–H and O–H groups in total. The van der Waals surface area contributed by atoms with E-state index in [2.05, 4.69) is 0 Å². The number of alkyl halides is 1. The number of aliphatic carboxylic acids is 1. The molecule has 0 saturated heterocycles. The molecule has 0 aliphatic heterocycles. The largest absolute Gasteiger partial charge is 0.481 e. The van der Waals surface area contributed by atoms with Crippen LogP contribution in [0.5, 0.6) is 0 Å². The molecule has 17 heavy (non-hydrogen) atoms. The maximum Gasteiger partial charge on any atom is 0.307 e. The Morgan fingerprint density at radius 2 is 2.06 bits per heavy atom. The number of Topliss-reactive ketones (excluding diaryl/α,β-unsaturated/α-hetero) is 1. The normalized spacial score (nSPS) is 12.2. The van der Waals surface area contributed by atoms with Crippen molar-refractivity contribution in [2.75, 3.05) is 0 Å². The van der Waals surface area contributed by atoms with E-state index in [1.54, 1.807) is 18.2 Å². The third kappa shape index (κ3) is 3.28. The van der Waals surface area contributed by atoms with Crippen molar-refractivity contribution in [3.05, 3.63) is 34.9 Å².